The molecule has 0 fully saturated rings. The van der Waals surface area contributed by atoms with E-state index in [4.69, 9.17) is 9.47 Å². The minimum atomic E-state index is 0.623. The lowest BCUT2D eigenvalue weighted by Crippen LogP contribution is -2.05. The lowest BCUT2D eigenvalue weighted by atomic mass is 10.2. The molecule has 2 aromatic heterocycles. The van der Waals surface area contributed by atoms with Crippen molar-refractivity contribution >= 4 is 11.5 Å². The molecule has 0 spiro atoms. The van der Waals surface area contributed by atoms with Crippen LogP contribution in [0.1, 0.15) is 12.0 Å². The van der Waals surface area contributed by atoms with E-state index < -0.39 is 0 Å². The Labute approximate surface area is 161 Å². The van der Waals surface area contributed by atoms with E-state index in [9.17, 15) is 0 Å². The number of hydrogen-bond acceptors (Lipinski definition) is 6. The molecule has 4 aromatic rings. The van der Waals surface area contributed by atoms with Gasteiger partial charge in [0.15, 0.2) is 23.0 Å². The Morgan fingerprint density at radius 1 is 0.893 bits per heavy atom. The van der Waals surface area contributed by atoms with E-state index in [1.807, 2.05) is 60.7 Å². The van der Waals surface area contributed by atoms with Crippen LogP contribution in [0.5, 0.6) is 11.5 Å². The van der Waals surface area contributed by atoms with Gasteiger partial charge in [-0.1, -0.05) is 36.4 Å². The van der Waals surface area contributed by atoms with Crippen molar-refractivity contribution in [1.82, 2.24) is 19.8 Å². The molecule has 0 atom stereocenters. The molecule has 28 heavy (non-hydrogen) atoms. The fourth-order valence-corrected chi connectivity index (χ4v) is 3.16. The van der Waals surface area contributed by atoms with Gasteiger partial charge in [0, 0.05) is 18.5 Å². The summed E-state index contributed by atoms with van der Waals surface area (Å²) in [7, 11) is 0. The first-order chi connectivity index (χ1) is 13.9. The van der Waals surface area contributed by atoms with Gasteiger partial charge in [0.25, 0.3) is 0 Å². The second-order valence-electron chi connectivity index (χ2n) is 6.56. The van der Waals surface area contributed by atoms with Crippen LogP contribution in [-0.2, 0) is 6.54 Å². The summed E-state index contributed by atoms with van der Waals surface area (Å²) in [6.07, 6.45) is 0.898. The molecule has 0 bridgehead atoms. The van der Waals surface area contributed by atoms with E-state index in [1.165, 1.54) is 0 Å². The van der Waals surface area contributed by atoms with Crippen LogP contribution in [0.15, 0.2) is 60.7 Å². The third-order valence-corrected chi connectivity index (χ3v) is 4.58. The predicted octanol–water partition coefficient (Wildman–Crippen LogP) is 3.56. The Morgan fingerprint density at radius 2 is 1.75 bits per heavy atom. The van der Waals surface area contributed by atoms with Gasteiger partial charge in [0.05, 0.1) is 13.2 Å². The van der Waals surface area contributed by atoms with Gasteiger partial charge in [-0.05, 0) is 29.8 Å². The molecule has 0 amide bonds. The van der Waals surface area contributed by atoms with Gasteiger partial charge in [0.2, 0.25) is 0 Å². The lowest BCUT2D eigenvalue weighted by Gasteiger charge is -2.10. The number of hydrogen-bond donors (Lipinski definition) is 1. The van der Waals surface area contributed by atoms with Crippen LogP contribution < -0.4 is 14.8 Å². The van der Waals surface area contributed by atoms with Crippen LogP contribution in [0.2, 0.25) is 0 Å². The average Bonchev–Trinajstić information content (AvgIpc) is 3.02. The maximum absolute atomic E-state index is 5.76. The molecule has 0 aliphatic carbocycles. The summed E-state index contributed by atoms with van der Waals surface area (Å²) in [6, 6.07) is 19.7. The molecule has 0 unspecified atom stereocenters. The molecule has 0 radical (unpaired) electrons. The number of anilines is 1. The highest BCUT2D eigenvalue weighted by Crippen LogP contribution is 2.30. The fraction of sp³-hybridized carbons (Fsp3) is 0.190. The standard InChI is InChI=1S/C21H19N5O2/c1-2-5-16(6-3-1)21-24-23-20-10-9-19(25-26(20)21)22-14-15-7-8-17-18(13-15)28-12-4-11-27-17/h1-3,5-10,13H,4,11-12,14H2,(H,22,25). The summed E-state index contributed by atoms with van der Waals surface area (Å²) < 4.78 is 13.2. The predicted molar refractivity (Wildman–Crippen MR) is 106 cm³/mol. The number of rotatable bonds is 4. The molecule has 3 heterocycles. The quantitative estimate of drug-likeness (QED) is 0.590. The maximum Gasteiger partial charge on any atom is 0.185 e. The number of nitrogens with one attached hydrogen (secondary N) is 1. The van der Waals surface area contributed by atoms with Crippen molar-refractivity contribution in [3.05, 3.63) is 66.2 Å². The second kappa shape index (κ2) is 7.19. The van der Waals surface area contributed by atoms with Gasteiger partial charge >= 0.3 is 0 Å². The summed E-state index contributed by atoms with van der Waals surface area (Å²) in [5, 5.41) is 16.5. The molecule has 1 aliphatic heterocycles. The van der Waals surface area contributed by atoms with E-state index in [0.717, 1.165) is 40.7 Å². The molecule has 0 saturated heterocycles. The van der Waals surface area contributed by atoms with Crippen molar-refractivity contribution < 1.29 is 9.47 Å². The van der Waals surface area contributed by atoms with E-state index in [0.29, 0.717) is 25.4 Å². The third kappa shape index (κ3) is 3.22. The second-order valence-corrected chi connectivity index (χ2v) is 6.56. The van der Waals surface area contributed by atoms with E-state index >= 15 is 0 Å². The lowest BCUT2D eigenvalue weighted by molar-refractivity contribution is 0.297. The Morgan fingerprint density at radius 3 is 2.64 bits per heavy atom. The summed E-state index contributed by atoms with van der Waals surface area (Å²) in [5.41, 5.74) is 2.78. The molecular weight excluding hydrogens is 354 g/mol. The number of benzene rings is 2. The molecule has 5 rings (SSSR count). The van der Waals surface area contributed by atoms with Crippen LogP contribution in [0, 0.1) is 0 Å². The zero-order valence-corrected chi connectivity index (χ0v) is 15.2. The van der Waals surface area contributed by atoms with Gasteiger partial charge in [0.1, 0.15) is 5.82 Å². The van der Waals surface area contributed by atoms with E-state index in [2.05, 4.69) is 20.6 Å². The zero-order chi connectivity index (χ0) is 18.8. The Hall–Kier alpha value is -3.61. The Bertz CT molecular complexity index is 1110. The average molecular weight is 373 g/mol. The molecule has 0 saturated carbocycles. The fourth-order valence-electron chi connectivity index (χ4n) is 3.16. The van der Waals surface area contributed by atoms with Crippen LogP contribution in [0.25, 0.3) is 17.0 Å². The minimum absolute atomic E-state index is 0.623. The first-order valence-corrected chi connectivity index (χ1v) is 9.27. The van der Waals surface area contributed by atoms with Gasteiger partial charge < -0.3 is 14.8 Å². The number of ether oxygens (including phenoxy) is 2. The van der Waals surface area contributed by atoms with Gasteiger partial charge in [-0.2, -0.15) is 4.52 Å². The highest BCUT2D eigenvalue weighted by Gasteiger charge is 2.12. The molecule has 1 aliphatic rings. The molecular formula is C21H19N5O2. The third-order valence-electron chi connectivity index (χ3n) is 4.58. The number of aromatic nitrogens is 4. The Kier molecular flexibility index (Phi) is 4.25. The van der Waals surface area contributed by atoms with Crippen LogP contribution in [0.3, 0.4) is 0 Å². The summed E-state index contributed by atoms with van der Waals surface area (Å²) >= 11 is 0. The maximum atomic E-state index is 5.76. The van der Waals surface area contributed by atoms with Gasteiger partial charge in [-0.25, -0.2) is 0 Å². The first-order valence-electron chi connectivity index (χ1n) is 9.27. The topological polar surface area (TPSA) is 73.6 Å². The van der Waals surface area contributed by atoms with Crippen molar-refractivity contribution in [1.29, 1.82) is 0 Å². The minimum Gasteiger partial charge on any atom is -0.490 e. The monoisotopic (exact) mass is 373 g/mol. The molecule has 2 aromatic carbocycles. The van der Waals surface area contributed by atoms with Crippen LogP contribution in [0.4, 0.5) is 5.82 Å². The highest BCUT2D eigenvalue weighted by atomic mass is 16.5. The molecule has 140 valence electrons. The summed E-state index contributed by atoms with van der Waals surface area (Å²) in [5.74, 6) is 3.06. The summed E-state index contributed by atoms with van der Waals surface area (Å²) in [4.78, 5) is 0. The smallest absolute Gasteiger partial charge is 0.185 e. The van der Waals surface area contributed by atoms with Crippen molar-refractivity contribution in [3.8, 4) is 22.9 Å². The molecule has 7 heteroatoms. The van der Waals surface area contributed by atoms with Crippen LogP contribution in [-0.4, -0.2) is 33.0 Å². The SMILES string of the molecule is c1ccc(-c2nnc3ccc(NCc4ccc5c(c4)OCCCO5)nn23)cc1. The van der Waals surface area contributed by atoms with E-state index in [1.54, 1.807) is 4.52 Å². The first kappa shape index (κ1) is 16.6. The van der Waals surface area contributed by atoms with Crippen molar-refractivity contribution in [3.63, 3.8) is 0 Å². The van der Waals surface area contributed by atoms with E-state index in [-0.39, 0.29) is 0 Å². The van der Waals surface area contributed by atoms with Crippen molar-refractivity contribution in [2.45, 2.75) is 13.0 Å². The zero-order valence-electron chi connectivity index (χ0n) is 15.2. The van der Waals surface area contributed by atoms with Crippen molar-refractivity contribution in [2.75, 3.05) is 18.5 Å². The van der Waals surface area contributed by atoms with Gasteiger partial charge in [-0.3, -0.25) is 0 Å². The largest absolute Gasteiger partial charge is 0.490 e. The summed E-state index contributed by atoms with van der Waals surface area (Å²) in [6.45, 7) is 1.99. The van der Waals surface area contributed by atoms with Crippen LogP contribution >= 0.6 is 0 Å². The molecule has 1 N–H and O–H groups in total. The molecule has 7 nitrogen and oxygen atoms in total. The highest BCUT2D eigenvalue weighted by molar-refractivity contribution is 5.59. The Balaban J connectivity index is 1.38. The normalized spacial score (nSPS) is 13.3. The van der Waals surface area contributed by atoms with Crippen molar-refractivity contribution in [2.24, 2.45) is 0 Å². The van der Waals surface area contributed by atoms with Gasteiger partial charge in [-0.15, -0.1) is 15.3 Å². The number of nitrogens with zero attached hydrogens (tertiary/aromatic N) is 4. The number of fused-ring (bicyclic) bond motifs is 2.